The van der Waals surface area contributed by atoms with Crippen LogP contribution in [0, 0.1) is 11.8 Å². The zero-order chi connectivity index (χ0) is 19.9. The standard InChI is InChI=1S/C22H32N2O4/c1-3-28-22(26)19-10-14-24(15-11-19)21(25)18-8-12-23(13-9-18)16-17-4-6-20(27-2)7-5-17/h4-7,18-19H,3,8-16H2,1-2H3. The van der Waals surface area contributed by atoms with E-state index in [0.29, 0.717) is 19.7 Å². The van der Waals surface area contributed by atoms with Gasteiger partial charge in [0.05, 0.1) is 19.6 Å². The van der Waals surface area contributed by atoms with E-state index in [4.69, 9.17) is 9.47 Å². The smallest absolute Gasteiger partial charge is 0.309 e. The number of rotatable bonds is 6. The number of hydrogen-bond acceptors (Lipinski definition) is 5. The number of nitrogens with zero attached hydrogens (tertiary/aromatic N) is 2. The maximum Gasteiger partial charge on any atom is 0.309 e. The Balaban J connectivity index is 1.42. The molecule has 2 aliphatic heterocycles. The first kappa shape index (κ1) is 20.6. The van der Waals surface area contributed by atoms with E-state index >= 15 is 0 Å². The number of esters is 1. The van der Waals surface area contributed by atoms with Crippen molar-refractivity contribution in [1.82, 2.24) is 9.80 Å². The molecular weight excluding hydrogens is 356 g/mol. The highest BCUT2D eigenvalue weighted by molar-refractivity contribution is 5.79. The Hall–Kier alpha value is -2.08. The van der Waals surface area contributed by atoms with E-state index < -0.39 is 0 Å². The Morgan fingerprint density at radius 2 is 1.57 bits per heavy atom. The molecule has 1 aromatic carbocycles. The summed E-state index contributed by atoms with van der Waals surface area (Å²) in [6.07, 6.45) is 3.27. The molecule has 28 heavy (non-hydrogen) atoms. The van der Waals surface area contributed by atoms with Gasteiger partial charge < -0.3 is 14.4 Å². The Labute approximate surface area is 167 Å². The monoisotopic (exact) mass is 388 g/mol. The molecule has 0 bridgehead atoms. The summed E-state index contributed by atoms with van der Waals surface area (Å²) in [5.41, 5.74) is 1.27. The van der Waals surface area contributed by atoms with Crippen molar-refractivity contribution in [3.05, 3.63) is 29.8 Å². The highest BCUT2D eigenvalue weighted by Crippen LogP contribution is 2.25. The van der Waals surface area contributed by atoms with Crippen molar-refractivity contribution in [1.29, 1.82) is 0 Å². The van der Waals surface area contributed by atoms with Crippen molar-refractivity contribution in [3.63, 3.8) is 0 Å². The van der Waals surface area contributed by atoms with E-state index in [1.54, 1.807) is 7.11 Å². The van der Waals surface area contributed by atoms with Crippen molar-refractivity contribution in [3.8, 4) is 5.75 Å². The number of amides is 1. The molecule has 6 nitrogen and oxygen atoms in total. The average Bonchev–Trinajstić information content (AvgIpc) is 2.74. The number of hydrogen-bond donors (Lipinski definition) is 0. The summed E-state index contributed by atoms with van der Waals surface area (Å²) in [6.45, 7) is 6.41. The number of ether oxygens (including phenoxy) is 2. The molecule has 0 N–H and O–H groups in total. The van der Waals surface area contributed by atoms with Crippen LogP contribution in [0.1, 0.15) is 38.2 Å². The first-order valence-corrected chi connectivity index (χ1v) is 10.4. The van der Waals surface area contributed by atoms with Gasteiger partial charge in [-0.15, -0.1) is 0 Å². The molecule has 1 amide bonds. The first-order chi connectivity index (χ1) is 13.6. The van der Waals surface area contributed by atoms with Gasteiger partial charge in [-0.05, 0) is 63.4 Å². The van der Waals surface area contributed by atoms with Crippen LogP contribution < -0.4 is 4.74 Å². The number of carbonyl (C=O) groups is 2. The van der Waals surface area contributed by atoms with E-state index in [0.717, 1.165) is 51.1 Å². The fourth-order valence-corrected chi connectivity index (χ4v) is 4.18. The van der Waals surface area contributed by atoms with Crippen molar-refractivity contribution >= 4 is 11.9 Å². The zero-order valence-electron chi connectivity index (χ0n) is 17.1. The lowest BCUT2D eigenvalue weighted by Crippen LogP contribution is -2.46. The van der Waals surface area contributed by atoms with Gasteiger partial charge in [-0.1, -0.05) is 12.1 Å². The molecule has 0 aromatic heterocycles. The van der Waals surface area contributed by atoms with Gasteiger partial charge in [-0.2, -0.15) is 0 Å². The maximum atomic E-state index is 12.9. The lowest BCUT2D eigenvalue weighted by atomic mass is 9.92. The Morgan fingerprint density at radius 3 is 2.14 bits per heavy atom. The lowest BCUT2D eigenvalue weighted by Gasteiger charge is -2.36. The fraction of sp³-hybridized carbons (Fsp3) is 0.636. The summed E-state index contributed by atoms with van der Waals surface area (Å²) in [4.78, 5) is 29.1. The Kier molecular flexibility index (Phi) is 7.31. The topological polar surface area (TPSA) is 59.1 Å². The van der Waals surface area contributed by atoms with Gasteiger partial charge in [0.15, 0.2) is 0 Å². The first-order valence-electron chi connectivity index (χ1n) is 10.4. The minimum atomic E-state index is -0.110. The molecule has 2 heterocycles. The molecule has 2 saturated heterocycles. The molecule has 0 spiro atoms. The highest BCUT2D eigenvalue weighted by atomic mass is 16.5. The fourth-order valence-electron chi connectivity index (χ4n) is 4.18. The van der Waals surface area contributed by atoms with Crippen molar-refractivity contribution in [2.75, 3.05) is 39.9 Å². The highest BCUT2D eigenvalue weighted by Gasteiger charge is 2.32. The van der Waals surface area contributed by atoms with E-state index in [2.05, 4.69) is 17.0 Å². The molecule has 0 unspecified atom stereocenters. The van der Waals surface area contributed by atoms with Crippen molar-refractivity contribution in [2.24, 2.45) is 11.8 Å². The van der Waals surface area contributed by atoms with E-state index in [9.17, 15) is 9.59 Å². The number of methoxy groups -OCH3 is 1. The van der Waals surface area contributed by atoms with Crippen LogP contribution in [0.2, 0.25) is 0 Å². The summed E-state index contributed by atoms with van der Waals surface area (Å²) < 4.78 is 10.3. The summed E-state index contributed by atoms with van der Waals surface area (Å²) in [5, 5.41) is 0. The van der Waals surface area contributed by atoms with Gasteiger partial charge in [-0.3, -0.25) is 14.5 Å². The molecule has 1 aromatic rings. The van der Waals surface area contributed by atoms with Crippen molar-refractivity contribution in [2.45, 2.75) is 39.2 Å². The number of likely N-dealkylation sites (tertiary alicyclic amines) is 2. The van der Waals surface area contributed by atoms with Crippen LogP contribution in [-0.4, -0.2) is 61.6 Å². The number of carbonyl (C=O) groups excluding carboxylic acids is 2. The maximum absolute atomic E-state index is 12.9. The second-order valence-electron chi connectivity index (χ2n) is 7.75. The van der Waals surface area contributed by atoms with Gasteiger partial charge in [-0.25, -0.2) is 0 Å². The largest absolute Gasteiger partial charge is 0.497 e. The van der Waals surface area contributed by atoms with E-state index in [1.165, 1.54) is 5.56 Å². The van der Waals surface area contributed by atoms with Gasteiger partial charge in [0, 0.05) is 25.6 Å². The summed E-state index contributed by atoms with van der Waals surface area (Å²) in [5.74, 6) is 1.11. The molecule has 0 atom stereocenters. The molecule has 0 radical (unpaired) electrons. The Morgan fingerprint density at radius 1 is 0.964 bits per heavy atom. The molecule has 6 heteroatoms. The van der Waals surface area contributed by atoms with Crippen LogP contribution in [0.4, 0.5) is 0 Å². The Bertz CT molecular complexity index is 645. The second kappa shape index (κ2) is 9.92. The normalized spacial score (nSPS) is 19.4. The van der Waals surface area contributed by atoms with Crippen LogP contribution >= 0.6 is 0 Å². The predicted octanol–water partition coefficient (Wildman–Crippen LogP) is 2.71. The lowest BCUT2D eigenvalue weighted by molar-refractivity contribution is -0.152. The van der Waals surface area contributed by atoms with E-state index in [-0.39, 0.29) is 23.7 Å². The second-order valence-corrected chi connectivity index (χ2v) is 7.75. The molecular formula is C22H32N2O4. The third kappa shape index (κ3) is 5.25. The van der Waals surface area contributed by atoms with Crippen molar-refractivity contribution < 1.29 is 19.1 Å². The number of benzene rings is 1. The molecule has 2 fully saturated rings. The third-order valence-corrected chi connectivity index (χ3v) is 5.93. The van der Waals surface area contributed by atoms with Gasteiger partial charge in [0.2, 0.25) is 5.91 Å². The van der Waals surface area contributed by atoms with Crippen LogP contribution in [0.25, 0.3) is 0 Å². The van der Waals surface area contributed by atoms with Crippen LogP contribution in [0.3, 0.4) is 0 Å². The van der Waals surface area contributed by atoms with Crippen LogP contribution in [-0.2, 0) is 20.9 Å². The zero-order valence-corrected chi connectivity index (χ0v) is 17.1. The summed E-state index contributed by atoms with van der Waals surface area (Å²) in [6, 6.07) is 8.19. The molecule has 0 saturated carbocycles. The molecule has 3 rings (SSSR count). The number of piperidine rings is 2. The minimum Gasteiger partial charge on any atom is -0.497 e. The average molecular weight is 389 g/mol. The van der Waals surface area contributed by atoms with Gasteiger partial charge >= 0.3 is 5.97 Å². The SMILES string of the molecule is CCOC(=O)C1CCN(C(=O)C2CCN(Cc3ccc(OC)cc3)CC2)CC1. The quantitative estimate of drug-likeness (QED) is 0.702. The van der Waals surface area contributed by atoms with E-state index in [1.807, 2.05) is 24.0 Å². The minimum absolute atomic E-state index is 0.0460. The summed E-state index contributed by atoms with van der Waals surface area (Å²) >= 11 is 0. The molecule has 154 valence electrons. The predicted molar refractivity (Wildman–Crippen MR) is 107 cm³/mol. The molecule has 0 aliphatic carbocycles. The van der Waals surface area contributed by atoms with Gasteiger partial charge in [0.1, 0.15) is 5.75 Å². The molecule has 2 aliphatic rings. The van der Waals surface area contributed by atoms with Gasteiger partial charge in [0.25, 0.3) is 0 Å². The third-order valence-electron chi connectivity index (χ3n) is 5.93. The van der Waals surface area contributed by atoms with Crippen LogP contribution in [0.5, 0.6) is 5.75 Å². The summed E-state index contributed by atoms with van der Waals surface area (Å²) in [7, 11) is 1.68. The van der Waals surface area contributed by atoms with Crippen LogP contribution in [0.15, 0.2) is 24.3 Å².